The molecular formula is C18H21NO2. The third-order valence-electron chi connectivity index (χ3n) is 3.47. The number of nitrogens with one attached hydrogen (secondary N) is 1. The molecule has 110 valence electrons. The van der Waals surface area contributed by atoms with Crippen LogP contribution in [-0.2, 0) is 17.8 Å². The molecule has 0 spiro atoms. The highest BCUT2D eigenvalue weighted by Crippen LogP contribution is 2.09. The van der Waals surface area contributed by atoms with Crippen LogP contribution < -0.4 is 5.32 Å². The third-order valence-corrected chi connectivity index (χ3v) is 3.47. The average molecular weight is 283 g/mol. The van der Waals surface area contributed by atoms with Gasteiger partial charge in [0.25, 0.3) is 0 Å². The summed E-state index contributed by atoms with van der Waals surface area (Å²) in [6, 6.07) is 20.5. The Bertz CT molecular complexity index is 540. The van der Waals surface area contributed by atoms with Crippen molar-refractivity contribution in [3.05, 3.63) is 71.8 Å². The normalized spacial score (nSPS) is 12.0. The molecule has 3 heteroatoms. The second kappa shape index (κ2) is 8.22. The molecule has 0 amide bonds. The lowest BCUT2D eigenvalue weighted by Gasteiger charge is -2.18. The smallest absolute Gasteiger partial charge is 0.303 e. The van der Waals surface area contributed by atoms with Crippen LogP contribution in [0.5, 0.6) is 0 Å². The molecule has 2 aromatic rings. The van der Waals surface area contributed by atoms with Gasteiger partial charge in [0.2, 0.25) is 0 Å². The average Bonchev–Trinajstić information content (AvgIpc) is 2.52. The largest absolute Gasteiger partial charge is 0.481 e. The zero-order valence-corrected chi connectivity index (χ0v) is 12.0. The van der Waals surface area contributed by atoms with Crippen LogP contribution in [0.3, 0.4) is 0 Å². The van der Waals surface area contributed by atoms with Crippen molar-refractivity contribution in [2.75, 3.05) is 0 Å². The number of carboxylic acid groups (broad SMARTS) is 1. The molecule has 3 nitrogen and oxygen atoms in total. The lowest BCUT2D eigenvalue weighted by atomic mass is 10.0. The third kappa shape index (κ3) is 5.79. The molecule has 0 saturated carbocycles. The highest BCUT2D eigenvalue weighted by Gasteiger charge is 2.11. The second-order valence-electron chi connectivity index (χ2n) is 5.19. The van der Waals surface area contributed by atoms with Gasteiger partial charge in [0.1, 0.15) is 0 Å². The summed E-state index contributed by atoms with van der Waals surface area (Å²) in [5.74, 6) is -0.741. The minimum atomic E-state index is -0.741. The number of rotatable bonds is 8. The minimum absolute atomic E-state index is 0.170. The molecule has 2 N–H and O–H groups in total. The van der Waals surface area contributed by atoms with Crippen molar-refractivity contribution in [1.29, 1.82) is 0 Å². The maximum absolute atomic E-state index is 10.8. The Balaban J connectivity index is 1.93. The molecule has 0 aliphatic rings. The van der Waals surface area contributed by atoms with Crippen molar-refractivity contribution in [3.8, 4) is 0 Å². The van der Waals surface area contributed by atoms with E-state index in [2.05, 4.69) is 29.6 Å². The highest BCUT2D eigenvalue weighted by atomic mass is 16.4. The molecule has 0 saturated heterocycles. The summed E-state index contributed by atoms with van der Waals surface area (Å²) in [4.78, 5) is 10.8. The maximum Gasteiger partial charge on any atom is 0.303 e. The molecule has 21 heavy (non-hydrogen) atoms. The van der Waals surface area contributed by atoms with Crippen LogP contribution in [0.15, 0.2) is 60.7 Å². The Morgan fingerprint density at radius 2 is 1.52 bits per heavy atom. The van der Waals surface area contributed by atoms with Crippen LogP contribution in [0.25, 0.3) is 0 Å². The van der Waals surface area contributed by atoms with E-state index < -0.39 is 5.97 Å². The van der Waals surface area contributed by atoms with E-state index in [-0.39, 0.29) is 12.5 Å². The topological polar surface area (TPSA) is 49.3 Å². The predicted molar refractivity (Wildman–Crippen MR) is 84.1 cm³/mol. The molecule has 0 radical (unpaired) electrons. The van der Waals surface area contributed by atoms with Crippen molar-refractivity contribution >= 4 is 5.97 Å². The molecule has 0 bridgehead atoms. The molecule has 2 aromatic carbocycles. The van der Waals surface area contributed by atoms with E-state index in [1.807, 2.05) is 36.4 Å². The van der Waals surface area contributed by atoms with Gasteiger partial charge in [-0.1, -0.05) is 60.7 Å². The summed E-state index contributed by atoms with van der Waals surface area (Å²) in [6.07, 6.45) is 1.68. The van der Waals surface area contributed by atoms with Crippen molar-refractivity contribution in [2.45, 2.75) is 31.8 Å². The van der Waals surface area contributed by atoms with Gasteiger partial charge in [0, 0.05) is 19.0 Å². The number of carboxylic acids is 1. The zero-order chi connectivity index (χ0) is 14.9. The van der Waals surface area contributed by atoms with Crippen LogP contribution >= 0.6 is 0 Å². The Morgan fingerprint density at radius 1 is 0.952 bits per heavy atom. The van der Waals surface area contributed by atoms with Crippen molar-refractivity contribution in [1.82, 2.24) is 5.32 Å². The fourth-order valence-corrected chi connectivity index (χ4v) is 2.33. The summed E-state index contributed by atoms with van der Waals surface area (Å²) in [7, 11) is 0. The Labute approximate surface area is 125 Å². The Hall–Kier alpha value is -2.13. The Kier molecular flexibility index (Phi) is 5.98. The molecule has 2 rings (SSSR count). The number of benzene rings is 2. The van der Waals surface area contributed by atoms with Crippen LogP contribution in [0.2, 0.25) is 0 Å². The lowest BCUT2D eigenvalue weighted by Crippen LogP contribution is -2.31. The summed E-state index contributed by atoms with van der Waals surface area (Å²) in [5.41, 5.74) is 2.44. The molecular weight excluding hydrogens is 262 g/mol. The summed E-state index contributed by atoms with van der Waals surface area (Å²) in [5, 5.41) is 12.4. The van der Waals surface area contributed by atoms with Crippen LogP contribution in [0.1, 0.15) is 24.0 Å². The maximum atomic E-state index is 10.8. The standard InChI is InChI=1S/C18H21NO2/c20-18(21)12-11-17(13-15-7-3-1-4-8-15)19-14-16-9-5-2-6-10-16/h1-10,17,19H,11-14H2,(H,20,21). The first kappa shape index (κ1) is 15.3. The quantitative estimate of drug-likeness (QED) is 0.782. The fraction of sp³-hybridized carbons (Fsp3) is 0.278. The number of carbonyl (C=O) groups is 1. The van der Waals surface area contributed by atoms with Crippen molar-refractivity contribution in [3.63, 3.8) is 0 Å². The van der Waals surface area contributed by atoms with Gasteiger partial charge >= 0.3 is 5.97 Å². The van der Waals surface area contributed by atoms with Gasteiger partial charge in [-0.3, -0.25) is 4.79 Å². The highest BCUT2D eigenvalue weighted by molar-refractivity contribution is 5.66. The number of hydrogen-bond acceptors (Lipinski definition) is 2. The van der Waals surface area contributed by atoms with Gasteiger partial charge in [-0.25, -0.2) is 0 Å². The van der Waals surface area contributed by atoms with E-state index in [0.717, 1.165) is 13.0 Å². The van der Waals surface area contributed by atoms with Gasteiger partial charge in [-0.15, -0.1) is 0 Å². The molecule has 0 heterocycles. The van der Waals surface area contributed by atoms with E-state index in [4.69, 9.17) is 5.11 Å². The molecule has 0 fully saturated rings. The fourth-order valence-electron chi connectivity index (χ4n) is 2.33. The van der Waals surface area contributed by atoms with Gasteiger partial charge in [-0.2, -0.15) is 0 Å². The monoisotopic (exact) mass is 283 g/mol. The van der Waals surface area contributed by atoms with Crippen LogP contribution in [0, 0.1) is 0 Å². The SMILES string of the molecule is O=C(O)CCC(Cc1ccccc1)NCc1ccccc1. The summed E-state index contributed by atoms with van der Waals surface area (Å²) < 4.78 is 0. The van der Waals surface area contributed by atoms with Gasteiger partial charge < -0.3 is 10.4 Å². The van der Waals surface area contributed by atoms with Crippen LogP contribution in [-0.4, -0.2) is 17.1 Å². The first-order valence-electron chi connectivity index (χ1n) is 7.27. The molecule has 0 aliphatic heterocycles. The Morgan fingerprint density at radius 3 is 2.10 bits per heavy atom. The van der Waals surface area contributed by atoms with Gasteiger partial charge in [-0.05, 0) is 24.0 Å². The van der Waals surface area contributed by atoms with E-state index in [1.165, 1.54) is 11.1 Å². The zero-order valence-electron chi connectivity index (χ0n) is 12.0. The molecule has 0 aromatic heterocycles. The predicted octanol–water partition coefficient (Wildman–Crippen LogP) is 3.25. The number of aliphatic carboxylic acids is 1. The molecule has 0 aliphatic carbocycles. The number of hydrogen-bond donors (Lipinski definition) is 2. The second-order valence-corrected chi connectivity index (χ2v) is 5.19. The summed E-state index contributed by atoms with van der Waals surface area (Å²) in [6.45, 7) is 0.762. The first-order valence-corrected chi connectivity index (χ1v) is 7.27. The van der Waals surface area contributed by atoms with E-state index in [0.29, 0.717) is 6.42 Å². The van der Waals surface area contributed by atoms with Gasteiger partial charge in [0.15, 0.2) is 0 Å². The van der Waals surface area contributed by atoms with E-state index in [9.17, 15) is 4.79 Å². The first-order chi connectivity index (χ1) is 10.2. The van der Waals surface area contributed by atoms with Crippen LogP contribution in [0.4, 0.5) is 0 Å². The van der Waals surface area contributed by atoms with E-state index >= 15 is 0 Å². The molecule has 1 unspecified atom stereocenters. The van der Waals surface area contributed by atoms with Crippen molar-refractivity contribution < 1.29 is 9.90 Å². The lowest BCUT2D eigenvalue weighted by molar-refractivity contribution is -0.137. The van der Waals surface area contributed by atoms with E-state index in [1.54, 1.807) is 0 Å². The summed E-state index contributed by atoms with van der Waals surface area (Å²) >= 11 is 0. The van der Waals surface area contributed by atoms with Crippen molar-refractivity contribution in [2.24, 2.45) is 0 Å². The van der Waals surface area contributed by atoms with Gasteiger partial charge in [0.05, 0.1) is 0 Å². The minimum Gasteiger partial charge on any atom is -0.481 e. The molecule has 1 atom stereocenters.